The lowest BCUT2D eigenvalue weighted by Crippen LogP contribution is -2.38. The molecule has 3 N–H and O–H groups in total. The lowest BCUT2D eigenvalue weighted by molar-refractivity contribution is 0.495. The summed E-state index contributed by atoms with van der Waals surface area (Å²) in [7, 11) is 0. The van der Waals surface area contributed by atoms with Crippen LogP contribution in [0.4, 0.5) is 5.82 Å². The van der Waals surface area contributed by atoms with Crippen LogP contribution in [-0.4, -0.2) is 33.5 Å². The minimum Gasteiger partial charge on any atom is -0.387 e. The zero-order chi connectivity index (χ0) is 12.5. The first kappa shape index (κ1) is 11.0. The second-order valence-electron chi connectivity index (χ2n) is 4.64. The number of nitrogens with one attached hydrogen (secondary N) is 1. The van der Waals surface area contributed by atoms with Crippen molar-refractivity contribution in [1.29, 1.82) is 5.41 Å². The first-order chi connectivity index (χ1) is 8.74. The fourth-order valence-corrected chi connectivity index (χ4v) is 2.40. The average molecular weight is 244 g/mol. The molecule has 2 aromatic heterocycles. The van der Waals surface area contributed by atoms with E-state index in [4.69, 9.17) is 11.1 Å². The van der Waals surface area contributed by atoms with Crippen LogP contribution in [0.3, 0.4) is 0 Å². The molecule has 0 spiro atoms. The van der Waals surface area contributed by atoms with Crippen LogP contribution in [0, 0.1) is 11.3 Å². The van der Waals surface area contributed by atoms with E-state index in [1.54, 1.807) is 10.7 Å². The van der Waals surface area contributed by atoms with E-state index in [-0.39, 0.29) is 5.92 Å². The van der Waals surface area contributed by atoms with Gasteiger partial charge in [0.1, 0.15) is 5.82 Å². The molecule has 0 saturated carbocycles. The number of nitrogens with zero attached hydrogens (tertiary/aromatic N) is 4. The van der Waals surface area contributed by atoms with Gasteiger partial charge in [-0.2, -0.15) is 5.10 Å². The number of anilines is 1. The Hall–Kier alpha value is -2.11. The van der Waals surface area contributed by atoms with Gasteiger partial charge in [-0.15, -0.1) is 0 Å². The van der Waals surface area contributed by atoms with E-state index in [9.17, 15) is 0 Å². The summed E-state index contributed by atoms with van der Waals surface area (Å²) in [6.45, 7) is 1.81. The van der Waals surface area contributed by atoms with Crippen LogP contribution in [0.2, 0.25) is 0 Å². The maximum absolute atomic E-state index is 7.48. The summed E-state index contributed by atoms with van der Waals surface area (Å²) in [6.07, 6.45) is 5.53. The summed E-state index contributed by atoms with van der Waals surface area (Å²) in [5.41, 5.74) is 6.41. The monoisotopic (exact) mass is 244 g/mol. The Bertz CT molecular complexity index is 567. The molecule has 18 heavy (non-hydrogen) atoms. The van der Waals surface area contributed by atoms with Crippen molar-refractivity contribution in [3.63, 3.8) is 0 Å². The predicted octanol–water partition coefficient (Wildman–Crippen LogP) is 0.882. The first-order valence-corrected chi connectivity index (χ1v) is 6.13. The van der Waals surface area contributed by atoms with E-state index in [2.05, 4.69) is 15.0 Å². The zero-order valence-electron chi connectivity index (χ0n) is 10.1. The van der Waals surface area contributed by atoms with Crippen molar-refractivity contribution >= 4 is 17.3 Å². The number of fused-ring (bicyclic) bond motifs is 1. The molecule has 6 heteroatoms. The Morgan fingerprint density at radius 3 is 2.83 bits per heavy atom. The third-order valence-electron chi connectivity index (χ3n) is 3.50. The van der Waals surface area contributed by atoms with Gasteiger partial charge < -0.3 is 10.6 Å². The van der Waals surface area contributed by atoms with Crippen LogP contribution in [0.5, 0.6) is 0 Å². The third kappa shape index (κ3) is 1.90. The molecule has 0 aliphatic carbocycles. The van der Waals surface area contributed by atoms with Gasteiger partial charge >= 0.3 is 0 Å². The Morgan fingerprint density at radius 2 is 2.11 bits per heavy atom. The summed E-state index contributed by atoms with van der Waals surface area (Å²) in [4.78, 5) is 6.81. The molecule has 0 bridgehead atoms. The van der Waals surface area contributed by atoms with Gasteiger partial charge in [-0.3, -0.25) is 5.41 Å². The minimum atomic E-state index is 0.236. The van der Waals surface area contributed by atoms with Crippen molar-refractivity contribution in [3.05, 3.63) is 24.5 Å². The Balaban J connectivity index is 1.77. The van der Waals surface area contributed by atoms with Crippen molar-refractivity contribution in [2.75, 3.05) is 18.0 Å². The Kier molecular flexibility index (Phi) is 2.62. The molecule has 0 amide bonds. The molecule has 3 heterocycles. The highest BCUT2D eigenvalue weighted by Gasteiger charge is 2.22. The number of rotatable bonds is 2. The van der Waals surface area contributed by atoms with Crippen molar-refractivity contribution in [3.8, 4) is 0 Å². The van der Waals surface area contributed by atoms with Gasteiger partial charge in [-0.05, 0) is 18.9 Å². The topological polar surface area (TPSA) is 83.3 Å². The standard InChI is InChI=1S/C12H16N6/c13-12(14)9-2-6-17(7-3-9)10-4-8-18-11(16-10)1-5-15-18/h1,4-5,8-9H,2-3,6-7H2,(H3,13,14). The normalized spacial score (nSPS) is 17.2. The van der Waals surface area contributed by atoms with Gasteiger partial charge in [0.2, 0.25) is 0 Å². The molecule has 0 aromatic carbocycles. The SMILES string of the molecule is N=C(N)C1CCN(c2ccn3nccc3n2)CC1. The molecule has 0 atom stereocenters. The molecule has 0 unspecified atom stereocenters. The number of nitrogens with two attached hydrogens (primary N) is 1. The highest BCUT2D eigenvalue weighted by atomic mass is 15.3. The van der Waals surface area contributed by atoms with Gasteiger partial charge in [0, 0.05) is 31.3 Å². The van der Waals surface area contributed by atoms with E-state index < -0.39 is 0 Å². The van der Waals surface area contributed by atoms with E-state index in [1.165, 1.54) is 0 Å². The van der Waals surface area contributed by atoms with Crippen LogP contribution >= 0.6 is 0 Å². The van der Waals surface area contributed by atoms with Gasteiger partial charge in [0.05, 0.1) is 12.0 Å². The first-order valence-electron chi connectivity index (χ1n) is 6.13. The minimum absolute atomic E-state index is 0.236. The molecule has 1 aliphatic heterocycles. The fourth-order valence-electron chi connectivity index (χ4n) is 2.40. The lowest BCUT2D eigenvalue weighted by Gasteiger charge is -2.32. The molecular weight excluding hydrogens is 228 g/mol. The lowest BCUT2D eigenvalue weighted by atomic mass is 9.96. The van der Waals surface area contributed by atoms with Crippen LogP contribution < -0.4 is 10.6 Å². The second kappa shape index (κ2) is 4.29. The van der Waals surface area contributed by atoms with Gasteiger partial charge in [0.25, 0.3) is 0 Å². The average Bonchev–Trinajstić information content (AvgIpc) is 2.86. The molecule has 94 valence electrons. The molecule has 3 rings (SSSR count). The largest absolute Gasteiger partial charge is 0.387 e. The maximum atomic E-state index is 7.48. The second-order valence-corrected chi connectivity index (χ2v) is 4.64. The van der Waals surface area contributed by atoms with Crippen molar-refractivity contribution in [2.45, 2.75) is 12.8 Å². The van der Waals surface area contributed by atoms with Gasteiger partial charge in [-0.25, -0.2) is 9.50 Å². The molecular formula is C12H16N6. The zero-order valence-corrected chi connectivity index (χ0v) is 10.1. The molecule has 1 aliphatic rings. The van der Waals surface area contributed by atoms with Gasteiger partial charge in [-0.1, -0.05) is 0 Å². The highest BCUT2D eigenvalue weighted by Crippen LogP contribution is 2.21. The number of hydrogen-bond acceptors (Lipinski definition) is 4. The number of hydrogen-bond donors (Lipinski definition) is 2. The maximum Gasteiger partial charge on any atom is 0.157 e. The van der Waals surface area contributed by atoms with E-state index >= 15 is 0 Å². The van der Waals surface area contributed by atoms with Crippen LogP contribution in [0.1, 0.15) is 12.8 Å². The summed E-state index contributed by atoms with van der Waals surface area (Å²) in [6, 6.07) is 3.87. The fraction of sp³-hybridized carbons (Fsp3) is 0.417. The van der Waals surface area contributed by atoms with Crippen molar-refractivity contribution < 1.29 is 0 Å². The predicted molar refractivity (Wildman–Crippen MR) is 69.8 cm³/mol. The highest BCUT2D eigenvalue weighted by molar-refractivity contribution is 5.79. The molecule has 6 nitrogen and oxygen atoms in total. The smallest absolute Gasteiger partial charge is 0.157 e. The number of aromatic nitrogens is 3. The van der Waals surface area contributed by atoms with Crippen LogP contribution in [0.15, 0.2) is 24.5 Å². The van der Waals surface area contributed by atoms with Crippen molar-refractivity contribution in [1.82, 2.24) is 14.6 Å². The number of piperidine rings is 1. The summed E-state index contributed by atoms with van der Waals surface area (Å²) < 4.78 is 1.76. The molecule has 2 aromatic rings. The quantitative estimate of drug-likeness (QED) is 0.607. The van der Waals surface area contributed by atoms with Crippen LogP contribution in [-0.2, 0) is 0 Å². The van der Waals surface area contributed by atoms with E-state index in [0.717, 1.165) is 37.4 Å². The summed E-state index contributed by atoms with van der Waals surface area (Å²) >= 11 is 0. The Morgan fingerprint density at radius 1 is 1.33 bits per heavy atom. The van der Waals surface area contributed by atoms with E-state index in [0.29, 0.717) is 5.84 Å². The Labute approximate surface area is 105 Å². The molecule has 1 saturated heterocycles. The number of amidine groups is 1. The molecule has 0 radical (unpaired) electrons. The van der Waals surface area contributed by atoms with Gasteiger partial charge in [0.15, 0.2) is 5.65 Å². The summed E-state index contributed by atoms with van der Waals surface area (Å²) in [5, 5.41) is 11.6. The summed E-state index contributed by atoms with van der Waals surface area (Å²) in [5.74, 6) is 1.53. The third-order valence-corrected chi connectivity index (χ3v) is 3.50. The van der Waals surface area contributed by atoms with Crippen molar-refractivity contribution in [2.24, 2.45) is 11.7 Å². The molecule has 1 fully saturated rings. The van der Waals surface area contributed by atoms with Crippen LogP contribution in [0.25, 0.3) is 5.65 Å². The van der Waals surface area contributed by atoms with E-state index in [1.807, 2.05) is 18.3 Å².